The third-order valence-electron chi connectivity index (χ3n) is 3.61. The Hall–Kier alpha value is -2.92. The Morgan fingerprint density at radius 3 is 2.61 bits per heavy atom. The standard InChI is InChI=1S/C18H17N3O2/c22-12-15-6-2-1-5-14(15)11-20-18(23)21-16-9-3-7-13-8-4-10-19-17(13)16/h1-10,22H,11-12H2,(H2,20,21,23). The zero-order valence-corrected chi connectivity index (χ0v) is 12.5. The van der Waals surface area contributed by atoms with Gasteiger partial charge < -0.3 is 15.7 Å². The van der Waals surface area contributed by atoms with Crippen LogP contribution in [0.5, 0.6) is 0 Å². The first-order valence-electron chi connectivity index (χ1n) is 7.34. The number of para-hydroxylation sites is 1. The van der Waals surface area contributed by atoms with E-state index < -0.39 is 0 Å². The van der Waals surface area contributed by atoms with Crippen molar-refractivity contribution in [2.45, 2.75) is 13.2 Å². The van der Waals surface area contributed by atoms with E-state index in [1.807, 2.05) is 54.6 Å². The van der Waals surface area contributed by atoms with E-state index in [0.717, 1.165) is 22.0 Å². The minimum absolute atomic E-state index is 0.0489. The first-order valence-corrected chi connectivity index (χ1v) is 7.34. The number of carbonyl (C=O) groups excluding carboxylic acids is 1. The van der Waals surface area contributed by atoms with Gasteiger partial charge in [0.05, 0.1) is 17.8 Å². The first-order chi connectivity index (χ1) is 11.3. The monoisotopic (exact) mass is 307 g/mol. The van der Waals surface area contributed by atoms with Gasteiger partial charge in [0.2, 0.25) is 0 Å². The second kappa shape index (κ2) is 6.89. The van der Waals surface area contributed by atoms with Crippen molar-refractivity contribution < 1.29 is 9.90 Å². The van der Waals surface area contributed by atoms with Crippen LogP contribution >= 0.6 is 0 Å². The van der Waals surface area contributed by atoms with Crippen LogP contribution in [-0.2, 0) is 13.2 Å². The Bertz CT molecular complexity index is 828. The summed E-state index contributed by atoms with van der Waals surface area (Å²) in [6, 6.07) is 16.6. The lowest BCUT2D eigenvalue weighted by Gasteiger charge is -2.11. The fourth-order valence-electron chi connectivity index (χ4n) is 2.43. The lowest BCUT2D eigenvalue weighted by molar-refractivity contribution is 0.251. The highest BCUT2D eigenvalue weighted by Crippen LogP contribution is 2.20. The van der Waals surface area contributed by atoms with Crippen LogP contribution in [0.15, 0.2) is 60.8 Å². The van der Waals surface area contributed by atoms with Crippen LogP contribution in [0, 0.1) is 0 Å². The number of hydrogen-bond acceptors (Lipinski definition) is 3. The maximum absolute atomic E-state index is 12.1. The number of benzene rings is 2. The van der Waals surface area contributed by atoms with Gasteiger partial charge in [-0.05, 0) is 23.3 Å². The number of nitrogens with zero attached hydrogens (tertiary/aromatic N) is 1. The molecular formula is C18H17N3O2. The van der Waals surface area contributed by atoms with E-state index in [2.05, 4.69) is 15.6 Å². The van der Waals surface area contributed by atoms with Gasteiger partial charge in [0.15, 0.2) is 0 Å². The zero-order valence-electron chi connectivity index (χ0n) is 12.5. The van der Waals surface area contributed by atoms with Crippen molar-refractivity contribution >= 4 is 22.6 Å². The van der Waals surface area contributed by atoms with Crippen LogP contribution in [0.3, 0.4) is 0 Å². The second-order valence-corrected chi connectivity index (χ2v) is 5.12. The van der Waals surface area contributed by atoms with E-state index in [4.69, 9.17) is 0 Å². The maximum Gasteiger partial charge on any atom is 0.319 e. The minimum Gasteiger partial charge on any atom is -0.392 e. The molecule has 2 aromatic carbocycles. The molecule has 3 N–H and O–H groups in total. The molecule has 3 aromatic rings. The summed E-state index contributed by atoms with van der Waals surface area (Å²) >= 11 is 0. The van der Waals surface area contributed by atoms with Crippen molar-refractivity contribution in [3.63, 3.8) is 0 Å². The number of nitrogens with one attached hydrogen (secondary N) is 2. The highest BCUT2D eigenvalue weighted by molar-refractivity contribution is 5.99. The Morgan fingerprint density at radius 1 is 1.00 bits per heavy atom. The van der Waals surface area contributed by atoms with Gasteiger partial charge in [-0.1, -0.05) is 42.5 Å². The molecule has 116 valence electrons. The first kappa shape index (κ1) is 15.0. The Morgan fingerprint density at radius 2 is 1.78 bits per heavy atom. The van der Waals surface area contributed by atoms with Gasteiger partial charge in [0.1, 0.15) is 0 Å². The van der Waals surface area contributed by atoms with Crippen LogP contribution in [0.25, 0.3) is 10.9 Å². The molecule has 0 saturated carbocycles. The highest BCUT2D eigenvalue weighted by Gasteiger charge is 2.07. The summed E-state index contributed by atoms with van der Waals surface area (Å²) in [7, 11) is 0. The molecule has 0 aliphatic heterocycles. The smallest absolute Gasteiger partial charge is 0.319 e. The van der Waals surface area contributed by atoms with Crippen molar-refractivity contribution in [2.75, 3.05) is 5.32 Å². The number of pyridine rings is 1. The van der Waals surface area contributed by atoms with Gasteiger partial charge in [0.25, 0.3) is 0 Å². The predicted octanol–water partition coefficient (Wildman–Crippen LogP) is 3.05. The van der Waals surface area contributed by atoms with E-state index in [1.165, 1.54) is 0 Å². The van der Waals surface area contributed by atoms with Crippen molar-refractivity contribution in [1.82, 2.24) is 10.3 Å². The van der Waals surface area contributed by atoms with Gasteiger partial charge >= 0.3 is 6.03 Å². The summed E-state index contributed by atoms with van der Waals surface area (Å²) in [6.07, 6.45) is 1.70. The molecule has 0 aliphatic rings. The molecule has 0 unspecified atom stereocenters. The van der Waals surface area contributed by atoms with E-state index in [-0.39, 0.29) is 12.6 Å². The number of rotatable bonds is 4. The molecule has 0 fully saturated rings. The van der Waals surface area contributed by atoms with E-state index in [1.54, 1.807) is 6.20 Å². The molecule has 3 rings (SSSR count). The maximum atomic E-state index is 12.1. The van der Waals surface area contributed by atoms with Gasteiger partial charge in [-0.25, -0.2) is 4.79 Å². The predicted molar refractivity (Wildman–Crippen MR) is 90.0 cm³/mol. The fraction of sp³-hybridized carbons (Fsp3) is 0.111. The molecule has 0 bridgehead atoms. The van der Waals surface area contributed by atoms with E-state index in [0.29, 0.717) is 12.2 Å². The highest BCUT2D eigenvalue weighted by atomic mass is 16.3. The number of aliphatic hydroxyl groups excluding tert-OH is 1. The number of fused-ring (bicyclic) bond motifs is 1. The number of carbonyl (C=O) groups is 1. The topological polar surface area (TPSA) is 74.2 Å². The van der Waals surface area contributed by atoms with Crippen molar-refractivity contribution in [2.24, 2.45) is 0 Å². The summed E-state index contributed by atoms with van der Waals surface area (Å²) in [4.78, 5) is 16.4. The summed E-state index contributed by atoms with van der Waals surface area (Å²) in [6.45, 7) is 0.299. The van der Waals surface area contributed by atoms with Crippen molar-refractivity contribution in [1.29, 1.82) is 0 Å². The SMILES string of the molecule is O=C(NCc1ccccc1CO)Nc1cccc2cccnc12. The third kappa shape index (κ3) is 3.46. The average molecular weight is 307 g/mol. The van der Waals surface area contributed by atoms with E-state index >= 15 is 0 Å². The number of aromatic nitrogens is 1. The summed E-state index contributed by atoms with van der Waals surface area (Å²) in [5.41, 5.74) is 3.11. The van der Waals surface area contributed by atoms with Crippen molar-refractivity contribution in [3.8, 4) is 0 Å². The van der Waals surface area contributed by atoms with Gasteiger partial charge in [-0.3, -0.25) is 4.98 Å². The second-order valence-electron chi connectivity index (χ2n) is 5.12. The Kier molecular flexibility index (Phi) is 4.49. The van der Waals surface area contributed by atoms with Crippen LogP contribution < -0.4 is 10.6 Å². The fourth-order valence-corrected chi connectivity index (χ4v) is 2.43. The zero-order chi connectivity index (χ0) is 16.1. The molecule has 1 aromatic heterocycles. The quantitative estimate of drug-likeness (QED) is 0.693. The summed E-state index contributed by atoms with van der Waals surface area (Å²) in [5, 5.41) is 15.9. The van der Waals surface area contributed by atoms with Gasteiger partial charge in [-0.15, -0.1) is 0 Å². The molecule has 5 heteroatoms. The molecule has 0 atom stereocenters. The summed E-state index contributed by atoms with van der Waals surface area (Å²) in [5.74, 6) is 0. The molecular weight excluding hydrogens is 290 g/mol. The van der Waals surface area contributed by atoms with Crippen LogP contribution in [0.1, 0.15) is 11.1 Å². The Balaban J connectivity index is 1.69. The van der Waals surface area contributed by atoms with Crippen LogP contribution in [0.4, 0.5) is 10.5 Å². The molecule has 0 radical (unpaired) electrons. The number of hydrogen-bond donors (Lipinski definition) is 3. The molecule has 0 saturated heterocycles. The molecule has 1 heterocycles. The third-order valence-corrected chi connectivity index (χ3v) is 3.61. The molecule has 0 aliphatic carbocycles. The number of urea groups is 1. The lowest BCUT2D eigenvalue weighted by atomic mass is 10.1. The van der Waals surface area contributed by atoms with Crippen molar-refractivity contribution in [3.05, 3.63) is 71.9 Å². The van der Waals surface area contributed by atoms with Crippen LogP contribution in [-0.4, -0.2) is 16.1 Å². The minimum atomic E-state index is -0.309. The summed E-state index contributed by atoms with van der Waals surface area (Å²) < 4.78 is 0. The number of amides is 2. The number of anilines is 1. The molecule has 5 nitrogen and oxygen atoms in total. The van der Waals surface area contributed by atoms with Gasteiger partial charge in [-0.2, -0.15) is 0 Å². The van der Waals surface area contributed by atoms with Gasteiger partial charge in [0, 0.05) is 18.1 Å². The lowest BCUT2D eigenvalue weighted by Crippen LogP contribution is -2.28. The molecule has 23 heavy (non-hydrogen) atoms. The largest absolute Gasteiger partial charge is 0.392 e. The number of aliphatic hydroxyl groups is 1. The molecule has 2 amide bonds. The normalized spacial score (nSPS) is 10.5. The molecule has 0 spiro atoms. The average Bonchev–Trinajstić information content (AvgIpc) is 2.60. The Labute approximate surface area is 134 Å². The van der Waals surface area contributed by atoms with E-state index in [9.17, 15) is 9.90 Å². The van der Waals surface area contributed by atoms with Crippen LogP contribution in [0.2, 0.25) is 0 Å².